The van der Waals surface area contributed by atoms with Crippen molar-refractivity contribution in [1.82, 2.24) is 10.4 Å². The molecule has 1 heterocycles. The number of nitrogens with one attached hydrogen (secondary N) is 2. The second-order valence-electron chi connectivity index (χ2n) is 11.1. The number of primary sulfonamides is 2. The van der Waals surface area contributed by atoms with Crippen LogP contribution in [0.5, 0.6) is 11.5 Å². The Morgan fingerprint density at radius 1 is 0.936 bits per heavy atom. The maximum atomic E-state index is 12.4. The molecule has 256 valence electrons. The third kappa shape index (κ3) is 10.6. The standard InChI is InChI=1S/C17H20N2O5S.C14H20ClN3O3S/c1-2-3-9-19-14-10-12(17(20)21)11-15(25(18,22)23)16(14)24-13-7-5-4-6-8-13;1-9-4-3-5-10(2)18(9)17-14(19)11-6-7-12(15)13(8-11)22(16,20)21/h4-8,10-11,19H,2-3,9H2,1H3,(H,20,21)(H2,18,22,23);6-10H,3-5H2,1-2H3,(H,17,19)(H2,16,20,21). The molecule has 1 aliphatic heterocycles. The molecule has 0 aromatic heterocycles. The number of anilines is 1. The number of aromatic carboxylic acids is 1. The molecule has 2 atom stereocenters. The van der Waals surface area contributed by atoms with Crippen LogP contribution in [0, 0.1) is 0 Å². The van der Waals surface area contributed by atoms with Crippen molar-refractivity contribution >= 4 is 49.2 Å². The monoisotopic (exact) mass is 709 g/mol. The highest BCUT2D eigenvalue weighted by atomic mass is 35.5. The van der Waals surface area contributed by atoms with Gasteiger partial charge >= 0.3 is 5.97 Å². The molecule has 2 unspecified atom stereocenters. The highest BCUT2D eigenvalue weighted by molar-refractivity contribution is 7.89. The number of hydrogen-bond acceptors (Lipinski definition) is 9. The van der Waals surface area contributed by atoms with Gasteiger partial charge in [0, 0.05) is 24.2 Å². The lowest BCUT2D eigenvalue weighted by Gasteiger charge is -2.38. The summed E-state index contributed by atoms with van der Waals surface area (Å²) in [4.78, 5) is 23.1. The summed E-state index contributed by atoms with van der Waals surface area (Å²) in [6.45, 7) is 6.64. The molecular formula is C31H40ClN5O8S2. The molecule has 1 amide bonds. The topological polar surface area (TPSA) is 211 Å². The summed E-state index contributed by atoms with van der Waals surface area (Å²) in [5.74, 6) is -1.24. The predicted octanol–water partition coefficient (Wildman–Crippen LogP) is 4.93. The molecule has 3 aromatic carbocycles. The number of para-hydroxylation sites is 1. The molecule has 16 heteroatoms. The van der Waals surface area contributed by atoms with E-state index in [4.69, 9.17) is 26.6 Å². The molecule has 7 N–H and O–H groups in total. The summed E-state index contributed by atoms with van der Waals surface area (Å²) < 4.78 is 52.6. The zero-order valence-electron chi connectivity index (χ0n) is 26.3. The molecule has 0 aliphatic carbocycles. The molecule has 0 radical (unpaired) electrons. The van der Waals surface area contributed by atoms with Crippen molar-refractivity contribution in [3.63, 3.8) is 0 Å². The number of benzene rings is 3. The molecule has 13 nitrogen and oxygen atoms in total. The minimum Gasteiger partial charge on any atom is -0.478 e. The quantitative estimate of drug-likeness (QED) is 0.169. The lowest BCUT2D eigenvalue weighted by Crippen LogP contribution is -2.54. The minimum absolute atomic E-state index is 0.00115. The summed E-state index contributed by atoms with van der Waals surface area (Å²) in [6.07, 6.45) is 4.89. The lowest BCUT2D eigenvalue weighted by molar-refractivity contribution is 0.0369. The van der Waals surface area contributed by atoms with Crippen LogP contribution in [-0.4, -0.2) is 57.5 Å². The number of hydrazine groups is 1. The zero-order chi connectivity index (χ0) is 34.9. The fourth-order valence-corrected chi connectivity index (χ4v) is 6.64. The number of halogens is 1. The van der Waals surface area contributed by atoms with Gasteiger partial charge < -0.3 is 15.2 Å². The Hall–Kier alpha value is -3.73. The molecule has 0 saturated carbocycles. The summed E-state index contributed by atoms with van der Waals surface area (Å²) in [6, 6.07) is 15.4. The smallest absolute Gasteiger partial charge is 0.335 e. The number of unbranched alkanes of at least 4 members (excludes halogenated alkanes) is 1. The molecule has 1 saturated heterocycles. The minimum atomic E-state index is -4.19. The van der Waals surface area contributed by atoms with Crippen LogP contribution in [0.15, 0.2) is 70.5 Å². The van der Waals surface area contributed by atoms with Crippen LogP contribution >= 0.6 is 11.6 Å². The van der Waals surface area contributed by atoms with Gasteiger partial charge in [-0.1, -0.05) is 49.6 Å². The number of amides is 1. The van der Waals surface area contributed by atoms with Gasteiger partial charge in [0.15, 0.2) is 5.75 Å². The molecule has 4 rings (SSSR count). The number of sulfonamides is 2. The normalized spacial score (nSPS) is 16.8. The highest BCUT2D eigenvalue weighted by Gasteiger charge is 2.27. The van der Waals surface area contributed by atoms with Gasteiger partial charge in [-0.3, -0.25) is 10.2 Å². The molecule has 0 spiro atoms. The van der Waals surface area contributed by atoms with Crippen molar-refractivity contribution in [3.05, 3.63) is 76.8 Å². The van der Waals surface area contributed by atoms with Gasteiger partial charge in [-0.05, 0) is 75.6 Å². The van der Waals surface area contributed by atoms with Crippen LogP contribution in [0.2, 0.25) is 5.02 Å². The van der Waals surface area contributed by atoms with Gasteiger partial charge in [0.25, 0.3) is 5.91 Å². The van der Waals surface area contributed by atoms with E-state index in [9.17, 15) is 31.5 Å². The molecule has 47 heavy (non-hydrogen) atoms. The fraction of sp³-hybridized carbons (Fsp3) is 0.355. The number of carboxylic acids is 1. The van der Waals surface area contributed by atoms with Gasteiger partial charge in [-0.2, -0.15) is 0 Å². The van der Waals surface area contributed by atoms with Crippen LogP contribution in [-0.2, 0) is 20.0 Å². The van der Waals surface area contributed by atoms with Gasteiger partial charge in [0.2, 0.25) is 20.0 Å². The van der Waals surface area contributed by atoms with E-state index in [0.717, 1.165) is 38.2 Å². The van der Waals surface area contributed by atoms with Crippen LogP contribution in [0.1, 0.15) is 73.6 Å². The third-order valence-corrected chi connectivity index (χ3v) is 9.65. The number of rotatable bonds is 11. The van der Waals surface area contributed by atoms with E-state index in [1.165, 1.54) is 24.3 Å². The summed E-state index contributed by atoms with van der Waals surface area (Å²) in [5, 5.41) is 24.6. The van der Waals surface area contributed by atoms with E-state index in [0.29, 0.717) is 12.3 Å². The van der Waals surface area contributed by atoms with Crippen molar-refractivity contribution in [1.29, 1.82) is 0 Å². The summed E-state index contributed by atoms with van der Waals surface area (Å²) >= 11 is 5.82. The van der Waals surface area contributed by atoms with Crippen LogP contribution in [0.25, 0.3) is 0 Å². The molecule has 1 aliphatic rings. The zero-order valence-corrected chi connectivity index (χ0v) is 28.7. The van der Waals surface area contributed by atoms with E-state index in [2.05, 4.69) is 10.7 Å². The Kier molecular flexibility index (Phi) is 13.2. The average Bonchev–Trinajstić information content (AvgIpc) is 2.99. The van der Waals surface area contributed by atoms with Crippen LogP contribution in [0.3, 0.4) is 0 Å². The van der Waals surface area contributed by atoms with Crippen molar-refractivity contribution in [2.24, 2.45) is 10.3 Å². The Balaban J connectivity index is 0.000000257. The first-order valence-electron chi connectivity index (χ1n) is 14.9. The SMILES string of the molecule is CC1CCCC(C)N1NC(=O)c1ccc(Cl)c(S(N)(=O)=O)c1.CCCCNc1cc(C(=O)O)cc(S(N)(=O)=O)c1Oc1ccccc1. The van der Waals surface area contributed by atoms with Gasteiger partial charge in [-0.15, -0.1) is 0 Å². The van der Waals surface area contributed by atoms with Crippen molar-refractivity contribution < 1.29 is 36.3 Å². The summed E-state index contributed by atoms with van der Waals surface area (Å²) in [7, 11) is -8.16. The first kappa shape index (κ1) is 37.7. The summed E-state index contributed by atoms with van der Waals surface area (Å²) in [5.41, 5.74) is 3.13. The number of hydrogen-bond donors (Lipinski definition) is 5. The Labute approximate surface area is 280 Å². The predicted molar refractivity (Wildman–Crippen MR) is 180 cm³/mol. The van der Waals surface area contributed by atoms with Crippen molar-refractivity contribution in [2.75, 3.05) is 11.9 Å². The first-order chi connectivity index (χ1) is 22.0. The van der Waals surface area contributed by atoms with Crippen LogP contribution < -0.4 is 25.8 Å². The third-order valence-electron chi connectivity index (χ3n) is 7.34. The van der Waals surface area contributed by atoms with Crippen molar-refractivity contribution in [3.8, 4) is 11.5 Å². The number of carboxylic acid groups (broad SMARTS) is 1. The maximum Gasteiger partial charge on any atom is 0.335 e. The van der Waals surface area contributed by atoms with Gasteiger partial charge in [-0.25, -0.2) is 36.9 Å². The van der Waals surface area contributed by atoms with E-state index < -0.39 is 26.0 Å². The number of piperidine rings is 1. The van der Waals surface area contributed by atoms with E-state index >= 15 is 0 Å². The van der Waals surface area contributed by atoms with E-state index in [1.807, 2.05) is 25.8 Å². The average molecular weight is 710 g/mol. The second kappa shape index (κ2) is 16.4. The van der Waals surface area contributed by atoms with Crippen LogP contribution in [0.4, 0.5) is 5.69 Å². The molecule has 0 bridgehead atoms. The Morgan fingerprint density at radius 3 is 2.09 bits per heavy atom. The Morgan fingerprint density at radius 2 is 1.53 bits per heavy atom. The second-order valence-corrected chi connectivity index (χ2v) is 14.5. The Bertz CT molecular complexity index is 1780. The fourth-order valence-electron chi connectivity index (χ4n) is 4.87. The number of nitrogens with zero attached hydrogens (tertiary/aromatic N) is 1. The lowest BCUT2D eigenvalue weighted by atomic mass is 10.00. The van der Waals surface area contributed by atoms with Gasteiger partial charge in [0.05, 0.1) is 16.3 Å². The van der Waals surface area contributed by atoms with Crippen molar-refractivity contribution in [2.45, 2.75) is 74.7 Å². The number of nitrogens with two attached hydrogens (primary N) is 2. The number of ether oxygens (including phenoxy) is 1. The molecular weight excluding hydrogens is 670 g/mol. The first-order valence-corrected chi connectivity index (χ1v) is 18.3. The van der Waals surface area contributed by atoms with E-state index in [1.54, 1.807) is 30.3 Å². The number of carbonyl (C=O) groups excluding carboxylic acids is 1. The largest absolute Gasteiger partial charge is 0.478 e. The maximum absolute atomic E-state index is 12.4. The highest BCUT2D eigenvalue weighted by Crippen LogP contribution is 2.37. The molecule has 3 aromatic rings. The number of carbonyl (C=O) groups is 2. The van der Waals surface area contributed by atoms with E-state index in [-0.39, 0.29) is 55.4 Å². The van der Waals surface area contributed by atoms with Gasteiger partial charge in [0.1, 0.15) is 15.5 Å². The molecule has 1 fully saturated rings.